The summed E-state index contributed by atoms with van der Waals surface area (Å²) in [4.78, 5) is 4.55. The molecular formula is C19H24FN3O. The van der Waals surface area contributed by atoms with Crippen molar-refractivity contribution in [2.45, 2.75) is 33.9 Å². The van der Waals surface area contributed by atoms with Gasteiger partial charge in [0.25, 0.3) is 0 Å². The molecule has 0 radical (unpaired) electrons. The number of hydrogen-bond donors (Lipinski definition) is 3. The lowest BCUT2D eigenvalue weighted by Gasteiger charge is -2.12. The van der Waals surface area contributed by atoms with Gasteiger partial charge in [-0.3, -0.25) is 0 Å². The summed E-state index contributed by atoms with van der Waals surface area (Å²) in [5.41, 5.74) is 3.58. The molecular weight excluding hydrogens is 305 g/mol. The Morgan fingerprint density at radius 3 is 2.42 bits per heavy atom. The van der Waals surface area contributed by atoms with Gasteiger partial charge in [-0.15, -0.1) is 0 Å². The fourth-order valence-corrected chi connectivity index (χ4v) is 2.48. The van der Waals surface area contributed by atoms with Crippen LogP contribution in [0.15, 0.2) is 41.4 Å². The number of rotatable bonds is 5. The first-order chi connectivity index (χ1) is 11.5. The van der Waals surface area contributed by atoms with E-state index in [0.29, 0.717) is 24.8 Å². The number of halogens is 1. The van der Waals surface area contributed by atoms with Gasteiger partial charge in [-0.25, -0.2) is 9.38 Å². The summed E-state index contributed by atoms with van der Waals surface area (Å²) in [5, 5.41) is 16.2. The zero-order valence-corrected chi connectivity index (χ0v) is 14.4. The monoisotopic (exact) mass is 329 g/mol. The van der Waals surface area contributed by atoms with Gasteiger partial charge in [-0.2, -0.15) is 0 Å². The normalized spacial score (nSPS) is 11.4. The van der Waals surface area contributed by atoms with Crippen LogP contribution < -0.4 is 10.6 Å². The van der Waals surface area contributed by atoms with Gasteiger partial charge in [0, 0.05) is 13.1 Å². The quantitative estimate of drug-likeness (QED) is 0.582. The molecule has 0 saturated heterocycles. The first-order valence-corrected chi connectivity index (χ1v) is 8.05. The minimum absolute atomic E-state index is 0.244. The van der Waals surface area contributed by atoms with Crippen molar-refractivity contribution in [2.75, 3.05) is 6.54 Å². The van der Waals surface area contributed by atoms with E-state index < -0.39 is 0 Å². The van der Waals surface area contributed by atoms with E-state index in [1.54, 1.807) is 6.07 Å². The second kappa shape index (κ2) is 8.34. The molecule has 4 nitrogen and oxygen atoms in total. The molecule has 0 amide bonds. The number of aryl methyl sites for hydroxylation is 2. The van der Waals surface area contributed by atoms with Gasteiger partial charge in [0.15, 0.2) is 5.96 Å². The van der Waals surface area contributed by atoms with Gasteiger partial charge in [0.05, 0.1) is 6.54 Å². The van der Waals surface area contributed by atoms with Crippen molar-refractivity contribution in [3.63, 3.8) is 0 Å². The molecule has 2 rings (SSSR count). The minimum Gasteiger partial charge on any atom is -0.507 e. The molecule has 2 aromatic rings. The number of aromatic hydroxyl groups is 1. The van der Waals surface area contributed by atoms with Crippen LogP contribution in [0.25, 0.3) is 0 Å². The van der Waals surface area contributed by atoms with Crippen LogP contribution in [0.4, 0.5) is 4.39 Å². The molecule has 0 aliphatic rings. The third-order valence-corrected chi connectivity index (χ3v) is 3.66. The molecule has 0 bridgehead atoms. The van der Waals surface area contributed by atoms with Gasteiger partial charge in [-0.1, -0.05) is 24.3 Å². The Morgan fingerprint density at radius 1 is 1.08 bits per heavy atom. The number of phenolic OH excluding ortho intramolecular Hbond substituents is 1. The summed E-state index contributed by atoms with van der Waals surface area (Å²) in [6.45, 7) is 7.49. The molecule has 0 aromatic heterocycles. The number of aliphatic imine (C=N–C) groups is 1. The Hall–Kier alpha value is -2.56. The fourth-order valence-electron chi connectivity index (χ4n) is 2.48. The predicted molar refractivity (Wildman–Crippen MR) is 95.6 cm³/mol. The zero-order valence-electron chi connectivity index (χ0n) is 14.4. The summed E-state index contributed by atoms with van der Waals surface area (Å²) < 4.78 is 13.2. The smallest absolute Gasteiger partial charge is 0.191 e. The van der Waals surface area contributed by atoms with Crippen LogP contribution in [0.5, 0.6) is 5.75 Å². The van der Waals surface area contributed by atoms with E-state index in [-0.39, 0.29) is 5.82 Å². The number of benzene rings is 2. The molecule has 5 heteroatoms. The third kappa shape index (κ3) is 4.98. The van der Waals surface area contributed by atoms with Crippen LogP contribution in [-0.2, 0) is 13.1 Å². The van der Waals surface area contributed by atoms with E-state index in [4.69, 9.17) is 0 Å². The lowest BCUT2D eigenvalue weighted by atomic mass is 10.1. The highest BCUT2D eigenvalue weighted by Gasteiger charge is 2.04. The van der Waals surface area contributed by atoms with Gasteiger partial charge in [0.2, 0.25) is 0 Å². The number of nitrogens with zero attached hydrogens (tertiary/aromatic N) is 1. The zero-order chi connectivity index (χ0) is 17.5. The highest BCUT2D eigenvalue weighted by atomic mass is 19.1. The van der Waals surface area contributed by atoms with Crippen LogP contribution in [-0.4, -0.2) is 17.6 Å². The van der Waals surface area contributed by atoms with E-state index in [2.05, 4.69) is 15.6 Å². The summed E-state index contributed by atoms with van der Waals surface area (Å²) in [5.74, 6) is 0.760. The average molecular weight is 329 g/mol. The van der Waals surface area contributed by atoms with Crippen molar-refractivity contribution >= 4 is 5.96 Å². The summed E-state index contributed by atoms with van der Waals surface area (Å²) in [6.07, 6.45) is 0. The van der Waals surface area contributed by atoms with Crippen molar-refractivity contribution in [1.29, 1.82) is 0 Å². The molecule has 0 fully saturated rings. The van der Waals surface area contributed by atoms with Crippen LogP contribution in [0, 0.1) is 19.7 Å². The molecule has 2 aromatic carbocycles. The fraction of sp³-hybridized carbons (Fsp3) is 0.316. The standard InChI is InChI=1S/C19H24FN3O/c1-4-21-19(22-11-15-6-5-7-17(20)10-15)23-12-16-8-13(2)18(24)14(3)9-16/h5-10,24H,4,11-12H2,1-3H3,(H2,21,22,23). The predicted octanol–water partition coefficient (Wildman–Crippen LogP) is 3.40. The van der Waals surface area contributed by atoms with Crippen molar-refractivity contribution < 1.29 is 9.50 Å². The molecule has 0 spiro atoms. The molecule has 0 unspecified atom stereocenters. The molecule has 0 atom stereocenters. The van der Waals surface area contributed by atoms with E-state index in [1.165, 1.54) is 12.1 Å². The number of hydrogen-bond acceptors (Lipinski definition) is 2. The maximum absolute atomic E-state index is 13.2. The van der Waals surface area contributed by atoms with Gasteiger partial charge in [-0.05, 0) is 55.2 Å². The third-order valence-electron chi connectivity index (χ3n) is 3.66. The van der Waals surface area contributed by atoms with Gasteiger partial charge < -0.3 is 15.7 Å². The van der Waals surface area contributed by atoms with Crippen LogP contribution >= 0.6 is 0 Å². The molecule has 0 aliphatic carbocycles. The van der Waals surface area contributed by atoms with E-state index in [1.807, 2.05) is 39.0 Å². The second-order valence-electron chi connectivity index (χ2n) is 5.76. The average Bonchev–Trinajstić information content (AvgIpc) is 2.55. The van der Waals surface area contributed by atoms with Crippen molar-refractivity contribution in [2.24, 2.45) is 4.99 Å². The first kappa shape index (κ1) is 17.8. The number of phenols is 1. The second-order valence-corrected chi connectivity index (χ2v) is 5.76. The Balaban J connectivity index is 2.05. The summed E-state index contributed by atoms with van der Waals surface area (Å²) in [6, 6.07) is 10.4. The largest absolute Gasteiger partial charge is 0.507 e. The maximum atomic E-state index is 13.2. The molecule has 24 heavy (non-hydrogen) atoms. The van der Waals surface area contributed by atoms with Crippen LogP contribution in [0.3, 0.4) is 0 Å². The van der Waals surface area contributed by atoms with E-state index >= 15 is 0 Å². The Kier molecular flexibility index (Phi) is 6.18. The number of nitrogens with one attached hydrogen (secondary N) is 2. The lowest BCUT2D eigenvalue weighted by molar-refractivity contribution is 0.466. The van der Waals surface area contributed by atoms with Crippen molar-refractivity contribution in [3.05, 3.63) is 64.5 Å². The van der Waals surface area contributed by atoms with E-state index in [0.717, 1.165) is 28.8 Å². The lowest BCUT2D eigenvalue weighted by Crippen LogP contribution is -2.36. The molecule has 0 aliphatic heterocycles. The highest BCUT2D eigenvalue weighted by molar-refractivity contribution is 5.79. The molecule has 128 valence electrons. The molecule has 3 N–H and O–H groups in total. The van der Waals surface area contributed by atoms with Crippen molar-refractivity contribution in [3.8, 4) is 5.75 Å². The van der Waals surface area contributed by atoms with E-state index in [9.17, 15) is 9.50 Å². The first-order valence-electron chi connectivity index (χ1n) is 8.05. The number of guanidine groups is 1. The van der Waals surface area contributed by atoms with Gasteiger partial charge in [0.1, 0.15) is 11.6 Å². The topological polar surface area (TPSA) is 56.7 Å². The molecule has 0 saturated carbocycles. The maximum Gasteiger partial charge on any atom is 0.191 e. The SMILES string of the molecule is CCNC(=NCc1cc(C)c(O)c(C)c1)NCc1cccc(F)c1. The Morgan fingerprint density at radius 2 is 1.79 bits per heavy atom. The molecule has 0 heterocycles. The van der Waals surface area contributed by atoms with Crippen LogP contribution in [0.2, 0.25) is 0 Å². The summed E-state index contributed by atoms with van der Waals surface area (Å²) in [7, 11) is 0. The Bertz CT molecular complexity index is 705. The van der Waals surface area contributed by atoms with Crippen LogP contribution in [0.1, 0.15) is 29.2 Å². The van der Waals surface area contributed by atoms with Crippen molar-refractivity contribution in [1.82, 2.24) is 10.6 Å². The highest BCUT2D eigenvalue weighted by Crippen LogP contribution is 2.23. The van der Waals surface area contributed by atoms with Gasteiger partial charge >= 0.3 is 0 Å². The Labute approximate surface area is 142 Å². The minimum atomic E-state index is -0.244. The summed E-state index contributed by atoms with van der Waals surface area (Å²) >= 11 is 0.